The summed E-state index contributed by atoms with van der Waals surface area (Å²) in [5, 5.41) is 18.6. The highest BCUT2D eigenvalue weighted by Crippen LogP contribution is 2.39. The maximum Gasteiger partial charge on any atom is 0.416 e. The Bertz CT molecular complexity index is 648. The number of carboxylic acids is 1. The van der Waals surface area contributed by atoms with Crippen LogP contribution in [0.2, 0.25) is 0 Å². The van der Waals surface area contributed by atoms with Crippen LogP contribution in [0.3, 0.4) is 0 Å². The number of carboxylic acid groups (broad SMARTS) is 1. The maximum atomic E-state index is 12.8. The van der Waals surface area contributed by atoms with Gasteiger partial charge in [0, 0.05) is 28.1 Å². The Labute approximate surface area is 175 Å². The number of benzene rings is 1. The summed E-state index contributed by atoms with van der Waals surface area (Å²) >= 11 is 9.23. The number of halogens is 4. The molecule has 1 aliphatic carbocycles. The molecule has 0 aromatic heterocycles. The molecule has 0 unspecified atom stereocenters. The molecule has 0 radical (unpaired) electrons. The summed E-state index contributed by atoms with van der Waals surface area (Å²) < 4.78 is 43.9. The molecule has 0 aliphatic heterocycles. The molecule has 28 heavy (non-hydrogen) atoms. The molecule has 1 aliphatic rings. The van der Waals surface area contributed by atoms with Crippen molar-refractivity contribution < 1.29 is 32.9 Å². The Hall–Kier alpha value is -0.610. The standard InChI is InChI=1S/C18H22ClF3O4S2/c19-14-7-15(23)13(17(14)28-5-4-27-10-16(24)25)9-26-8-11-2-1-3-12(6-11)18(20,21)22/h1-3,6,13-15,17,23H,4-5,7-10H2,(H,24,25)/t13-,14+,15+,17+/m0/s1. The molecular formula is C18H22ClF3O4S2. The molecule has 0 saturated heterocycles. The van der Waals surface area contributed by atoms with Crippen molar-refractivity contribution in [1.82, 2.24) is 0 Å². The van der Waals surface area contributed by atoms with Crippen molar-refractivity contribution in [2.45, 2.75) is 35.9 Å². The minimum absolute atomic E-state index is 0.0198. The normalized spacial score (nSPS) is 25.2. The van der Waals surface area contributed by atoms with Crippen LogP contribution in [0, 0.1) is 5.92 Å². The third-order valence-corrected chi connectivity index (χ3v) is 7.64. The SMILES string of the molecule is O=C(O)CSCCS[C@@H]1[C@@H](COCc2cccc(C(F)(F)F)c2)[C@H](O)C[C@H]1Cl. The van der Waals surface area contributed by atoms with Gasteiger partial charge in [-0.3, -0.25) is 4.79 Å². The zero-order valence-corrected chi connectivity index (χ0v) is 17.3. The van der Waals surface area contributed by atoms with Gasteiger partial charge in [-0.1, -0.05) is 12.1 Å². The number of aliphatic hydroxyl groups is 1. The van der Waals surface area contributed by atoms with Crippen LogP contribution in [0.1, 0.15) is 17.5 Å². The molecule has 1 aromatic carbocycles. The lowest BCUT2D eigenvalue weighted by Gasteiger charge is -2.23. The summed E-state index contributed by atoms with van der Waals surface area (Å²) in [5.74, 6) is 0.320. The molecule has 0 bridgehead atoms. The van der Waals surface area contributed by atoms with Crippen LogP contribution in [0.25, 0.3) is 0 Å². The van der Waals surface area contributed by atoms with Gasteiger partial charge in [-0.15, -0.1) is 23.4 Å². The highest BCUT2D eigenvalue weighted by atomic mass is 35.5. The smallest absolute Gasteiger partial charge is 0.416 e. The van der Waals surface area contributed by atoms with Gasteiger partial charge < -0.3 is 14.9 Å². The molecule has 2 N–H and O–H groups in total. The van der Waals surface area contributed by atoms with Gasteiger partial charge in [-0.2, -0.15) is 24.9 Å². The van der Waals surface area contributed by atoms with Gasteiger partial charge in [0.1, 0.15) is 0 Å². The number of carbonyl (C=O) groups is 1. The van der Waals surface area contributed by atoms with E-state index in [0.29, 0.717) is 23.5 Å². The fraction of sp³-hybridized carbons (Fsp3) is 0.611. The summed E-state index contributed by atoms with van der Waals surface area (Å²) in [4.78, 5) is 10.5. The quantitative estimate of drug-likeness (QED) is 0.406. The van der Waals surface area contributed by atoms with Gasteiger partial charge in [0.25, 0.3) is 0 Å². The van der Waals surface area contributed by atoms with E-state index in [4.69, 9.17) is 21.4 Å². The van der Waals surface area contributed by atoms with E-state index in [2.05, 4.69) is 0 Å². The number of aliphatic hydroxyl groups excluding tert-OH is 1. The summed E-state index contributed by atoms with van der Waals surface area (Å²) in [5.41, 5.74) is -0.304. The van der Waals surface area contributed by atoms with Crippen LogP contribution < -0.4 is 0 Å². The summed E-state index contributed by atoms with van der Waals surface area (Å²) in [6.45, 7) is 0.215. The number of rotatable bonds is 10. The third-order valence-electron chi connectivity index (χ3n) is 4.34. The molecule has 0 spiro atoms. The number of hydrogen-bond donors (Lipinski definition) is 2. The number of ether oxygens (including phenoxy) is 1. The van der Waals surface area contributed by atoms with Crippen molar-refractivity contribution in [3.63, 3.8) is 0 Å². The molecule has 0 heterocycles. The first-order chi connectivity index (χ1) is 13.2. The Morgan fingerprint density at radius 1 is 1.32 bits per heavy atom. The fourth-order valence-electron chi connectivity index (χ4n) is 3.01. The van der Waals surface area contributed by atoms with Gasteiger partial charge in [0.15, 0.2) is 0 Å². The van der Waals surface area contributed by atoms with Crippen LogP contribution in [-0.4, -0.2) is 56.8 Å². The fourth-order valence-corrected chi connectivity index (χ4v) is 5.88. The lowest BCUT2D eigenvalue weighted by Crippen LogP contribution is -2.28. The van der Waals surface area contributed by atoms with Crippen LogP contribution in [0.4, 0.5) is 13.2 Å². The van der Waals surface area contributed by atoms with E-state index in [9.17, 15) is 23.1 Å². The highest BCUT2D eigenvalue weighted by Gasteiger charge is 2.42. The minimum Gasteiger partial charge on any atom is -0.481 e. The minimum atomic E-state index is -4.40. The molecule has 4 atom stereocenters. The summed E-state index contributed by atoms with van der Waals surface area (Å²) in [6.07, 6.45) is -4.60. The van der Waals surface area contributed by atoms with Crippen LogP contribution in [0.5, 0.6) is 0 Å². The molecule has 4 nitrogen and oxygen atoms in total. The van der Waals surface area contributed by atoms with Gasteiger partial charge in [0.05, 0.1) is 30.6 Å². The summed E-state index contributed by atoms with van der Waals surface area (Å²) in [6, 6.07) is 4.98. The highest BCUT2D eigenvalue weighted by molar-refractivity contribution is 8.03. The second kappa shape index (κ2) is 11.0. The Balaban J connectivity index is 1.83. The zero-order chi connectivity index (χ0) is 20.7. The van der Waals surface area contributed by atoms with Crippen molar-refractivity contribution in [3.8, 4) is 0 Å². The maximum absolute atomic E-state index is 12.8. The number of alkyl halides is 4. The van der Waals surface area contributed by atoms with E-state index >= 15 is 0 Å². The average molecular weight is 459 g/mol. The van der Waals surface area contributed by atoms with Gasteiger partial charge >= 0.3 is 12.1 Å². The number of aliphatic carboxylic acids is 1. The predicted octanol–water partition coefficient (Wildman–Crippen LogP) is 4.13. The van der Waals surface area contributed by atoms with Crippen LogP contribution in [0.15, 0.2) is 24.3 Å². The molecule has 1 fully saturated rings. The van der Waals surface area contributed by atoms with E-state index in [0.717, 1.165) is 12.1 Å². The van der Waals surface area contributed by atoms with Crippen molar-refractivity contribution in [2.75, 3.05) is 23.9 Å². The molecule has 10 heteroatoms. The van der Waals surface area contributed by atoms with Crippen molar-refractivity contribution in [3.05, 3.63) is 35.4 Å². The summed E-state index contributed by atoms with van der Waals surface area (Å²) in [7, 11) is 0. The lowest BCUT2D eigenvalue weighted by molar-refractivity contribution is -0.137. The lowest BCUT2D eigenvalue weighted by atomic mass is 10.1. The first-order valence-electron chi connectivity index (χ1n) is 8.65. The molecule has 158 valence electrons. The number of thioether (sulfide) groups is 2. The zero-order valence-electron chi connectivity index (χ0n) is 14.9. The first kappa shape index (κ1) is 23.7. The predicted molar refractivity (Wildman–Crippen MR) is 106 cm³/mol. The molecular weight excluding hydrogens is 437 g/mol. The molecule has 2 rings (SSSR count). The van der Waals surface area contributed by atoms with Crippen molar-refractivity contribution in [2.24, 2.45) is 5.92 Å². The van der Waals surface area contributed by atoms with E-state index < -0.39 is 23.8 Å². The van der Waals surface area contributed by atoms with E-state index in [-0.39, 0.29) is 35.5 Å². The van der Waals surface area contributed by atoms with Crippen molar-refractivity contribution in [1.29, 1.82) is 0 Å². The monoisotopic (exact) mass is 458 g/mol. The van der Waals surface area contributed by atoms with Gasteiger partial charge in [-0.05, 0) is 24.1 Å². The van der Waals surface area contributed by atoms with E-state index in [1.54, 1.807) is 17.8 Å². The Morgan fingerprint density at radius 3 is 2.75 bits per heavy atom. The molecule has 1 aromatic rings. The first-order valence-corrected chi connectivity index (χ1v) is 11.3. The average Bonchev–Trinajstić information content (AvgIpc) is 2.87. The van der Waals surface area contributed by atoms with Gasteiger partial charge in [0.2, 0.25) is 0 Å². The molecule has 0 amide bonds. The van der Waals surface area contributed by atoms with E-state index in [1.807, 2.05) is 0 Å². The second-order valence-electron chi connectivity index (χ2n) is 6.48. The largest absolute Gasteiger partial charge is 0.481 e. The Morgan fingerprint density at radius 2 is 2.07 bits per heavy atom. The number of hydrogen-bond acceptors (Lipinski definition) is 5. The second-order valence-corrected chi connectivity index (χ2v) is 9.43. The Kier molecular flexibility index (Phi) is 9.27. The molecule has 1 saturated carbocycles. The van der Waals surface area contributed by atoms with E-state index in [1.165, 1.54) is 17.8 Å². The topological polar surface area (TPSA) is 66.8 Å². The van der Waals surface area contributed by atoms with Crippen LogP contribution >= 0.6 is 35.1 Å². The van der Waals surface area contributed by atoms with Crippen LogP contribution in [-0.2, 0) is 22.3 Å². The van der Waals surface area contributed by atoms with Gasteiger partial charge in [-0.25, -0.2) is 0 Å². The van der Waals surface area contributed by atoms with Crippen molar-refractivity contribution >= 4 is 41.1 Å². The third kappa shape index (κ3) is 7.33.